The maximum Gasteiger partial charge on any atom is 0.306 e. The number of phenolic OH excluding ortho intramolecular Hbond substituents is 2. The van der Waals surface area contributed by atoms with E-state index in [2.05, 4.69) is 4.98 Å². The average molecular weight is 510 g/mol. The van der Waals surface area contributed by atoms with Gasteiger partial charge in [0.1, 0.15) is 23.4 Å². The molecule has 3 N–H and O–H groups in total. The minimum absolute atomic E-state index is 0.0160. The topological polar surface area (TPSA) is 126 Å². The molecule has 0 fully saturated rings. The minimum Gasteiger partial charge on any atom is -0.507 e. The highest BCUT2D eigenvalue weighted by Gasteiger charge is 2.36. The molecule has 0 radical (unpaired) electrons. The van der Waals surface area contributed by atoms with E-state index >= 15 is 0 Å². The molecule has 4 rings (SSSR count). The molecular formula is C27H27NO7S. The molecule has 8 nitrogen and oxygen atoms in total. The molecule has 36 heavy (non-hydrogen) atoms. The Balaban J connectivity index is 1.96. The van der Waals surface area contributed by atoms with Crippen LogP contribution in [0.25, 0.3) is 0 Å². The zero-order valence-electron chi connectivity index (χ0n) is 20.4. The second kappa shape index (κ2) is 10.2. The van der Waals surface area contributed by atoms with Crippen molar-refractivity contribution in [2.45, 2.75) is 43.8 Å². The molecule has 1 aliphatic heterocycles. The van der Waals surface area contributed by atoms with Crippen molar-refractivity contribution in [1.82, 2.24) is 4.98 Å². The maximum atomic E-state index is 12.5. The molecule has 1 aliphatic rings. The number of benzene rings is 2. The summed E-state index contributed by atoms with van der Waals surface area (Å²) in [7, 11) is 1.26. The van der Waals surface area contributed by atoms with Crippen molar-refractivity contribution in [3.05, 3.63) is 75.6 Å². The number of aryl methyl sites for hydroxylation is 1. The summed E-state index contributed by atoms with van der Waals surface area (Å²) in [5, 5.41) is 33.4. The van der Waals surface area contributed by atoms with Gasteiger partial charge in [0.15, 0.2) is 5.78 Å². The Bertz CT molecular complexity index is 1340. The molecule has 3 aromatic rings. The summed E-state index contributed by atoms with van der Waals surface area (Å²) in [4.78, 5) is 30.1. The van der Waals surface area contributed by atoms with E-state index in [0.717, 1.165) is 4.90 Å². The molecule has 1 aromatic heterocycles. The van der Waals surface area contributed by atoms with Gasteiger partial charge in [-0.25, -0.2) is 0 Å². The third-order valence-electron chi connectivity index (χ3n) is 6.49. The molecule has 2 aromatic carbocycles. The van der Waals surface area contributed by atoms with Crippen LogP contribution in [0.2, 0.25) is 0 Å². The van der Waals surface area contributed by atoms with Crippen LogP contribution in [0.1, 0.15) is 69.2 Å². The van der Waals surface area contributed by atoms with Gasteiger partial charge in [0.05, 0.1) is 31.4 Å². The van der Waals surface area contributed by atoms with Gasteiger partial charge in [-0.1, -0.05) is 12.1 Å². The van der Waals surface area contributed by atoms with Crippen LogP contribution in [-0.2, 0) is 20.9 Å². The molecule has 0 unspecified atom stereocenters. The van der Waals surface area contributed by atoms with Crippen LogP contribution in [0.3, 0.4) is 0 Å². The Morgan fingerprint density at radius 3 is 2.47 bits per heavy atom. The van der Waals surface area contributed by atoms with Crippen LogP contribution in [0, 0.1) is 6.92 Å². The first kappa shape index (κ1) is 25.5. The summed E-state index contributed by atoms with van der Waals surface area (Å²) in [6.07, 6.45) is 2.44. The number of hydrogen-bond acceptors (Lipinski definition) is 9. The second-order valence-electron chi connectivity index (χ2n) is 8.61. The molecular weight excluding hydrogens is 482 g/mol. The van der Waals surface area contributed by atoms with Crippen molar-refractivity contribution in [3.8, 4) is 17.2 Å². The van der Waals surface area contributed by atoms with Crippen molar-refractivity contribution >= 4 is 23.5 Å². The van der Waals surface area contributed by atoms with E-state index in [1.807, 2.05) is 18.4 Å². The van der Waals surface area contributed by atoms with Gasteiger partial charge in [0.25, 0.3) is 0 Å². The van der Waals surface area contributed by atoms with Gasteiger partial charge >= 0.3 is 5.97 Å². The first-order valence-electron chi connectivity index (χ1n) is 11.3. The second-order valence-corrected chi connectivity index (χ2v) is 9.49. The monoisotopic (exact) mass is 509 g/mol. The van der Waals surface area contributed by atoms with Gasteiger partial charge < -0.3 is 24.8 Å². The number of thioether (sulfide) groups is 1. The van der Waals surface area contributed by atoms with Crippen molar-refractivity contribution in [3.63, 3.8) is 0 Å². The maximum absolute atomic E-state index is 12.5. The molecule has 0 saturated carbocycles. The number of hydrogen-bond donors (Lipinski definition) is 3. The number of phenols is 2. The molecule has 188 valence electrons. The highest BCUT2D eigenvalue weighted by atomic mass is 32.2. The van der Waals surface area contributed by atoms with Gasteiger partial charge in [-0.2, -0.15) is 0 Å². The lowest BCUT2D eigenvalue weighted by Crippen LogP contribution is -2.13. The molecule has 2 heterocycles. The van der Waals surface area contributed by atoms with Crippen molar-refractivity contribution in [1.29, 1.82) is 0 Å². The summed E-state index contributed by atoms with van der Waals surface area (Å²) < 4.78 is 10.8. The van der Waals surface area contributed by atoms with Crippen molar-refractivity contribution < 1.29 is 34.4 Å². The van der Waals surface area contributed by atoms with Gasteiger partial charge in [-0.3, -0.25) is 14.6 Å². The number of esters is 1. The Kier molecular flexibility index (Phi) is 7.23. The zero-order valence-corrected chi connectivity index (χ0v) is 21.2. The number of ether oxygens (including phenoxy) is 2. The van der Waals surface area contributed by atoms with Gasteiger partial charge in [-0.15, -0.1) is 11.8 Å². The Morgan fingerprint density at radius 1 is 1.17 bits per heavy atom. The largest absolute Gasteiger partial charge is 0.507 e. The fourth-order valence-corrected chi connectivity index (χ4v) is 4.95. The first-order chi connectivity index (χ1) is 17.2. The fourth-order valence-electron chi connectivity index (χ4n) is 4.54. The lowest BCUT2D eigenvalue weighted by molar-refractivity contribution is -0.140. The number of aromatic nitrogens is 1. The minimum atomic E-state index is -0.906. The van der Waals surface area contributed by atoms with E-state index in [9.17, 15) is 24.9 Å². The van der Waals surface area contributed by atoms with E-state index in [1.165, 1.54) is 20.1 Å². The zero-order chi connectivity index (χ0) is 26.1. The number of aromatic hydroxyl groups is 3. The Morgan fingerprint density at radius 2 is 1.86 bits per heavy atom. The molecule has 0 amide bonds. The number of Topliss-reactive ketones (excluding diaryl/α,β-unsaturated/α-hetero) is 1. The molecule has 0 bridgehead atoms. The third-order valence-corrected chi connectivity index (χ3v) is 7.23. The van der Waals surface area contributed by atoms with Gasteiger partial charge in [0.2, 0.25) is 0 Å². The van der Waals surface area contributed by atoms with Gasteiger partial charge in [-0.05, 0) is 43.9 Å². The molecule has 2 atom stereocenters. The SMILES string of the molecule is COC(=O)C[C@@H](c1ccc(SC)cc1)c1c(O)c(C(C)=O)cc([C@@H]2OCc3cnc(C)c(O)c32)c1O. The number of pyridine rings is 1. The molecule has 9 heteroatoms. The number of nitrogens with zero attached hydrogens (tertiary/aromatic N) is 1. The van der Waals surface area contributed by atoms with Crippen LogP contribution in [0.15, 0.2) is 41.4 Å². The van der Waals surface area contributed by atoms with E-state index < -0.39 is 29.5 Å². The van der Waals surface area contributed by atoms with Gasteiger partial charge in [0, 0.05) is 39.3 Å². The average Bonchev–Trinajstić information content (AvgIpc) is 3.30. The summed E-state index contributed by atoms with van der Waals surface area (Å²) >= 11 is 1.55. The molecule has 0 spiro atoms. The van der Waals surface area contributed by atoms with Crippen molar-refractivity contribution in [2.24, 2.45) is 0 Å². The van der Waals surface area contributed by atoms with E-state index in [4.69, 9.17) is 9.47 Å². The quantitative estimate of drug-likeness (QED) is 0.235. The Labute approximate surface area is 212 Å². The molecule has 0 aliphatic carbocycles. The highest BCUT2D eigenvalue weighted by molar-refractivity contribution is 7.98. The fraction of sp³-hybridized carbons (Fsp3) is 0.296. The highest BCUT2D eigenvalue weighted by Crippen LogP contribution is 2.50. The first-order valence-corrected chi connectivity index (χ1v) is 12.5. The number of fused-ring (bicyclic) bond motifs is 1. The lowest BCUT2D eigenvalue weighted by Gasteiger charge is -2.24. The smallest absolute Gasteiger partial charge is 0.306 e. The predicted molar refractivity (Wildman–Crippen MR) is 134 cm³/mol. The van der Waals surface area contributed by atoms with Crippen LogP contribution in [-0.4, -0.2) is 45.4 Å². The van der Waals surface area contributed by atoms with Crippen LogP contribution in [0.4, 0.5) is 0 Å². The van der Waals surface area contributed by atoms with E-state index in [0.29, 0.717) is 22.4 Å². The summed E-state index contributed by atoms with van der Waals surface area (Å²) in [5.41, 5.74) is 2.32. The molecule has 0 saturated heterocycles. The standard InChI is InChI=1S/C27H27NO7S/c1-13-24(31)22-16(11-28-13)12-35-27(22)20-9-18(14(2)29)25(32)23(26(20)33)19(10-21(30)34-3)15-5-7-17(36-4)8-6-15/h5-9,11,19,27,31-33H,10,12H2,1-4H3/t19-,27-/m0/s1. The summed E-state index contributed by atoms with van der Waals surface area (Å²) in [5.74, 6) is -2.61. The number of methoxy groups -OCH3 is 1. The summed E-state index contributed by atoms with van der Waals surface area (Å²) in [6.45, 7) is 3.10. The van der Waals surface area contributed by atoms with E-state index in [1.54, 1.807) is 37.0 Å². The predicted octanol–water partition coefficient (Wildman–Crippen LogP) is 4.75. The number of rotatable bonds is 7. The summed E-state index contributed by atoms with van der Waals surface area (Å²) in [6, 6.07) is 8.73. The van der Waals surface area contributed by atoms with Crippen LogP contribution >= 0.6 is 11.8 Å². The number of carbonyl (C=O) groups excluding carboxylic acids is 2. The lowest BCUT2D eigenvalue weighted by atomic mass is 9.83. The third kappa shape index (κ3) is 4.52. The number of carbonyl (C=O) groups is 2. The Hall–Kier alpha value is -3.56. The van der Waals surface area contributed by atoms with E-state index in [-0.39, 0.29) is 41.2 Å². The number of ketones is 1. The van der Waals surface area contributed by atoms with Crippen molar-refractivity contribution in [2.75, 3.05) is 13.4 Å². The normalized spacial score (nSPS) is 15.4. The van der Waals surface area contributed by atoms with Crippen LogP contribution < -0.4 is 0 Å². The van der Waals surface area contributed by atoms with Crippen LogP contribution in [0.5, 0.6) is 17.2 Å².